The van der Waals surface area contributed by atoms with Crippen molar-refractivity contribution in [2.24, 2.45) is 0 Å². The summed E-state index contributed by atoms with van der Waals surface area (Å²) in [4.78, 5) is 16.5. The number of H-pyrrole nitrogens is 1. The number of aromatic nitrogens is 1. The molecular formula is C29H33N3O4S. The van der Waals surface area contributed by atoms with Crippen molar-refractivity contribution in [2.75, 3.05) is 19.6 Å². The van der Waals surface area contributed by atoms with Crippen LogP contribution in [0.4, 0.5) is 0 Å². The van der Waals surface area contributed by atoms with E-state index in [1.165, 1.54) is 30.0 Å². The second-order valence-electron chi connectivity index (χ2n) is 9.91. The Hall–Kier alpha value is -3.01. The Morgan fingerprint density at radius 3 is 2.54 bits per heavy atom. The summed E-state index contributed by atoms with van der Waals surface area (Å²) in [6, 6.07) is 22.3. The van der Waals surface area contributed by atoms with Crippen molar-refractivity contribution in [3.8, 4) is 5.75 Å². The third-order valence-electron chi connectivity index (χ3n) is 7.15. The Morgan fingerprint density at radius 2 is 1.76 bits per heavy atom. The SMILES string of the molecule is O=c1[nH]c2c(O)ccc(CC(O)(O)NCCc3cccc(CN4CCC(c5ccccc5)CC4)c3)c2s1. The molecule has 0 radical (unpaired) electrons. The zero-order valence-electron chi connectivity index (χ0n) is 20.7. The lowest BCUT2D eigenvalue weighted by Crippen LogP contribution is -2.47. The van der Waals surface area contributed by atoms with Crippen molar-refractivity contribution in [3.05, 3.63) is 98.7 Å². The Balaban J connectivity index is 1.12. The number of phenols is 1. The highest BCUT2D eigenvalue weighted by molar-refractivity contribution is 7.16. The molecule has 1 saturated heterocycles. The van der Waals surface area contributed by atoms with Gasteiger partial charge in [0.15, 0.2) is 0 Å². The van der Waals surface area contributed by atoms with Crippen LogP contribution < -0.4 is 10.2 Å². The van der Waals surface area contributed by atoms with E-state index in [2.05, 4.69) is 69.8 Å². The molecule has 1 fully saturated rings. The van der Waals surface area contributed by atoms with Crippen LogP contribution in [0.25, 0.3) is 10.2 Å². The number of nitrogens with zero attached hydrogens (tertiary/aromatic N) is 1. The van der Waals surface area contributed by atoms with E-state index < -0.39 is 5.91 Å². The van der Waals surface area contributed by atoms with E-state index in [0.29, 0.717) is 34.7 Å². The first kappa shape index (κ1) is 25.6. The van der Waals surface area contributed by atoms with Crippen molar-refractivity contribution < 1.29 is 15.3 Å². The summed E-state index contributed by atoms with van der Waals surface area (Å²) in [6.07, 6.45) is 2.89. The first-order valence-corrected chi connectivity index (χ1v) is 13.6. The molecular weight excluding hydrogens is 486 g/mol. The molecule has 4 aromatic rings. The average molecular weight is 520 g/mol. The Morgan fingerprint density at radius 1 is 1.00 bits per heavy atom. The van der Waals surface area contributed by atoms with Gasteiger partial charge in [-0.1, -0.05) is 72.0 Å². The molecule has 5 rings (SSSR count). The van der Waals surface area contributed by atoms with Crippen molar-refractivity contribution >= 4 is 21.6 Å². The molecule has 8 heteroatoms. The van der Waals surface area contributed by atoms with Crippen LogP contribution in [-0.2, 0) is 19.4 Å². The molecule has 7 nitrogen and oxygen atoms in total. The van der Waals surface area contributed by atoms with Crippen LogP contribution in [0.5, 0.6) is 5.75 Å². The number of nitrogens with one attached hydrogen (secondary N) is 2. The Bertz CT molecular complexity index is 1390. The van der Waals surface area contributed by atoms with Gasteiger partial charge in [-0.15, -0.1) is 0 Å². The molecule has 0 amide bonds. The number of benzene rings is 3. The summed E-state index contributed by atoms with van der Waals surface area (Å²) in [5.41, 5.74) is 4.75. The number of hydrogen-bond donors (Lipinski definition) is 5. The van der Waals surface area contributed by atoms with E-state index >= 15 is 0 Å². The molecule has 0 spiro atoms. The van der Waals surface area contributed by atoms with Gasteiger partial charge in [0.1, 0.15) is 11.3 Å². The fourth-order valence-corrected chi connectivity index (χ4v) is 6.11. The maximum atomic E-state index is 11.7. The van der Waals surface area contributed by atoms with E-state index in [0.717, 1.165) is 36.5 Å². The highest BCUT2D eigenvalue weighted by Gasteiger charge is 2.25. The van der Waals surface area contributed by atoms with E-state index in [1.54, 1.807) is 6.07 Å². The van der Waals surface area contributed by atoms with Crippen molar-refractivity contribution in [1.82, 2.24) is 15.2 Å². The maximum absolute atomic E-state index is 11.7. The minimum Gasteiger partial charge on any atom is -0.506 e. The summed E-state index contributed by atoms with van der Waals surface area (Å²) in [6.45, 7) is 3.47. The van der Waals surface area contributed by atoms with Crippen LogP contribution in [0.2, 0.25) is 0 Å². The van der Waals surface area contributed by atoms with Gasteiger partial charge < -0.3 is 20.3 Å². The second kappa shape index (κ2) is 11.2. The fourth-order valence-electron chi connectivity index (χ4n) is 5.24. The van der Waals surface area contributed by atoms with Gasteiger partial charge in [-0.3, -0.25) is 15.0 Å². The predicted octanol–water partition coefficient (Wildman–Crippen LogP) is 3.69. The second-order valence-corrected chi connectivity index (χ2v) is 10.9. The largest absolute Gasteiger partial charge is 0.506 e. The third kappa shape index (κ3) is 6.47. The summed E-state index contributed by atoms with van der Waals surface area (Å²) < 4.78 is 0.528. The quantitative estimate of drug-likeness (QED) is 0.216. The molecule has 2 heterocycles. The average Bonchev–Trinajstić information content (AvgIpc) is 3.30. The van der Waals surface area contributed by atoms with E-state index in [1.807, 2.05) is 0 Å². The smallest absolute Gasteiger partial charge is 0.305 e. The number of likely N-dealkylation sites (tertiary alicyclic amines) is 1. The van der Waals surface area contributed by atoms with Gasteiger partial charge in [0.2, 0.25) is 5.91 Å². The molecule has 194 valence electrons. The molecule has 1 aliphatic heterocycles. The Kier molecular flexibility index (Phi) is 7.73. The number of aromatic hydroxyl groups is 1. The van der Waals surface area contributed by atoms with Gasteiger partial charge in [0, 0.05) is 19.5 Å². The molecule has 0 bridgehead atoms. The van der Waals surface area contributed by atoms with Crippen LogP contribution in [0.15, 0.2) is 71.5 Å². The van der Waals surface area contributed by atoms with Crippen LogP contribution in [0.1, 0.15) is 41.0 Å². The first-order chi connectivity index (χ1) is 17.9. The predicted molar refractivity (Wildman–Crippen MR) is 147 cm³/mol. The minimum atomic E-state index is -2.14. The highest BCUT2D eigenvalue weighted by Crippen LogP contribution is 2.30. The van der Waals surface area contributed by atoms with Crippen LogP contribution >= 0.6 is 11.3 Å². The molecule has 0 saturated carbocycles. The monoisotopic (exact) mass is 519 g/mol. The molecule has 0 unspecified atom stereocenters. The number of rotatable bonds is 9. The number of aromatic amines is 1. The van der Waals surface area contributed by atoms with Crippen LogP contribution in [0.3, 0.4) is 0 Å². The van der Waals surface area contributed by atoms with E-state index in [4.69, 9.17) is 0 Å². The van der Waals surface area contributed by atoms with Crippen molar-refractivity contribution in [1.29, 1.82) is 0 Å². The molecule has 5 N–H and O–H groups in total. The molecule has 1 aromatic heterocycles. The first-order valence-electron chi connectivity index (χ1n) is 12.7. The van der Waals surface area contributed by atoms with Gasteiger partial charge in [-0.25, -0.2) is 0 Å². The molecule has 37 heavy (non-hydrogen) atoms. The summed E-state index contributed by atoms with van der Waals surface area (Å²) in [5.74, 6) is -1.53. The summed E-state index contributed by atoms with van der Waals surface area (Å²) in [7, 11) is 0. The van der Waals surface area contributed by atoms with Gasteiger partial charge in [-0.05, 0) is 66.6 Å². The van der Waals surface area contributed by atoms with Gasteiger partial charge in [0.05, 0.1) is 4.70 Å². The highest BCUT2D eigenvalue weighted by atomic mass is 32.1. The van der Waals surface area contributed by atoms with Gasteiger partial charge in [0.25, 0.3) is 0 Å². The topological polar surface area (TPSA) is 109 Å². The number of piperidine rings is 1. The summed E-state index contributed by atoms with van der Waals surface area (Å²) >= 11 is 0.944. The fraction of sp³-hybridized carbons (Fsp3) is 0.345. The zero-order valence-corrected chi connectivity index (χ0v) is 21.5. The number of phenolic OH excluding ortho intramolecular Hbond substituents is 1. The number of thiazole rings is 1. The lowest BCUT2D eigenvalue weighted by Gasteiger charge is -2.32. The van der Waals surface area contributed by atoms with E-state index in [9.17, 15) is 20.1 Å². The van der Waals surface area contributed by atoms with Crippen molar-refractivity contribution in [2.45, 2.75) is 44.1 Å². The molecule has 3 aromatic carbocycles. The number of hydrogen-bond acceptors (Lipinski definition) is 7. The maximum Gasteiger partial charge on any atom is 0.305 e. The minimum absolute atomic E-state index is 0.0352. The number of aliphatic hydroxyl groups is 2. The molecule has 0 atom stereocenters. The van der Waals surface area contributed by atoms with Crippen molar-refractivity contribution in [3.63, 3.8) is 0 Å². The Labute approximate surface area is 220 Å². The van der Waals surface area contributed by atoms with Gasteiger partial charge in [-0.2, -0.15) is 0 Å². The molecule has 0 aliphatic carbocycles. The normalized spacial score (nSPS) is 15.4. The lowest BCUT2D eigenvalue weighted by molar-refractivity contribution is -0.183. The lowest BCUT2D eigenvalue weighted by atomic mass is 9.89. The zero-order chi connectivity index (χ0) is 25.8. The van der Waals surface area contributed by atoms with Crippen LogP contribution in [-0.4, -0.2) is 50.7 Å². The van der Waals surface area contributed by atoms with E-state index in [-0.39, 0.29) is 17.0 Å². The standard InChI is InChI=1S/C29H33N3O4S/c33-25-10-9-24(27-26(25)31-28(34)37-27)18-29(35,36)30-14-11-20-5-4-6-21(17-20)19-32-15-12-23(13-16-32)22-7-2-1-3-8-22/h1-10,17,23,30,33,35-36H,11-16,18-19H2,(H,31,34). The van der Waals surface area contributed by atoms with Crippen LogP contribution in [0, 0.1) is 0 Å². The van der Waals surface area contributed by atoms with Gasteiger partial charge >= 0.3 is 4.87 Å². The third-order valence-corrected chi connectivity index (χ3v) is 8.11. The summed E-state index contributed by atoms with van der Waals surface area (Å²) in [5, 5.41) is 33.9. The molecule has 1 aliphatic rings. The number of fused-ring (bicyclic) bond motifs is 1.